The third-order valence-corrected chi connectivity index (χ3v) is 6.48. The van der Waals surface area contributed by atoms with Crippen molar-refractivity contribution in [2.24, 2.45) is 0 Å². The fraction of sp³-hybridized carbons (Fsp3) is 0.258. The first-order chi connectivity index (χ1) is 16.6. The summed E-state index contributed by atoms with van der Waals surface area (Å²) in [6, 6.07) is 24.7. The summed E-state index contributed by atoms with van der Waals surface area (Å²) in [5, 5.41) is 10.3. The van der Waals surface area contributed by atoms with Crippen LogP contribution in [0.4, 0.5) is 8.78 Å². The second-order valence-corrected chi connectivity index (χ2v) is 8.91. The Hall–Kier alpha value is -3.51. The molecule has 0 aliphatic heterocycles. The normalized spacial score (nSPS) is 11.0. The number of unbranched alkanes of at least 4 members (excludes halogenated alkanes) is 3. The van der Waals surface area contributed by atoms with Gasteiger partial charge in [0.25, 0.3) is 0 Å². The van der Waals surface area contributed by atoms with E-state index in [0.29, 0.717) is 23.8 Å². The second-order valence-electron chi connectivity index (χ2n) is 8.91. The number of hydrogen-bond donors (Lipinski definition) is 0. The van der Waals surface area contributed by atoms with E-state index < -0.39 is 5.82 Å². The van der Waals surface area contributed by atoms with Crippen LogP contribution in [0.25, 0.3) is 21.9 Å². The highest BCUT2D eigenvalue weighted by atomic mass is 19.1. The van der Waals surface area contributed by atoms with E-state index in [4.69, 9.17) is 5.26 Å². The Balaban J connectivity index is 1.47. The minimum atomic E-state index is -0.531. The number of halogens is 2. The van der Waals surface area contributed by atoms with E-state index in [1.54, 1.807) is 6.07 Å². The Kier molecular flexibility index (Phi) is 7.70. The Labute approximate surface area is 200 Å². The Morgan fingerprint density at radius 2 is 1.47 bits per heavy atom. The molecule has 0 aliphatic carbocycles. The van der Waals surface area contributed by atoms with Gasteiger partial charge in [-0.3, -0.25) is 0 Å². The van der Waals surface area contributed by atoms with Gasteiger partial charge in [-0.1, -0.05) is 80.8 Å². The van der Waals surface area contributed by atoms with Crippen molar-refractivity contribution < 1.29 is 8.78 Å². The third kappa shape index (κ3) is 5.51. The Bertz CT molecular complexity index is 1320. The highest BCUT2D eigenvalue weighted by molar-refractivity contribution is 5.88. The van der Waals surface area contributed by atoms with E-state index in [9.17, 15) is 4.39 Å². The number of rotatable bonds is 9. The largest absolute Gasteiger partial charge is 0.206 e. The van der Waals surface area contributed by atoms with Gasteiger partial charge < -0.3 is 0 Å². The van der Waals surface area contributed by atoms with E-state index in [2.05, 4.69) is 31.2 Å². The van der Waals surface area contributed by atoms with Crippen LogP contribution >= 0.6 is 0 Å². The lowest BCUT2D eigenvalue weighted by molar-refractivity contribution is 0.616. The zero-order valence-electron chi connectivity index (χ0n) is 19.6. The summed E-state index contributed by atoms with van der Waals surface area (Å²) in [7, 11) is 0. The zero-order chi connectivity index (χ0) is 23.9. The molecular weight excluding hydrogens is 424 g/mol. The van der Waals surface area contributed by atoms with Crippen molar-refractivity contribution in [2.75, 3.05) is 0 Å². The third-order valence-electron chi connectivity index (χ3n) is 6.48. The van der Waals surface area contributed by atoms with Crippen LogP contribution in [0.1, 0.15) is 54.9 Å². The molecule has 4 aromatic carbocycles. The van der Waals surface area contributed by atoms with Crippen molar-refractivity contribution in [3.8, 4) is 17.2 Å². The van der Waals surface area contributed by atoms with Crippen LogP contribution in [0.2, 0.25) is 0 Å². The molecule has 0 heterocycles. The van der Waals surface area contributed by atoms with E-state index in [0.717, 1.165) is 28.5 Å². The van der Waals surface area contributed by atoms with Gasteiger partial charge in [0.1, 0.15) is 17.7 Å². The average Bonchev–Trinajstić information content (AvgIpc) is 2.86. The molecule has 0 saturated carbocycles. The average molecular weight is 454 g/mol. The zero-order valence-corrected chi connectivity index (χ0v) is 19.6. The van der Waals surface area contributed by atoms with E-state index in [1.165, 1.54) is 43.4 Å². The fourth-order valence-corrected chi connectivity index (χ4v) is 4.41. The van der Waals surface area contributed by atoms with Gasteiger partial charge in [-0.25, -0.2) is 8.78 Å². The molecule has 0 bridgehead atoms. The molecule has 0 spiro atoms. The maximum atomic E-state index is 15.2. The first kappa shape index (κ1) is 23.6. The molecule has 0 saturated heterocycles. The predicted octanol–water partition coefficient (Wildman–Crippen LogP) is 8.56. The molecule has 34 heavy (non-hydrogen) atoms. The molecule has 0 aromatic heterocycles. The maximum absolute atomic E-state index is 15.2. The van der Waals surface area contributed by atoms with Gasteiger partial charge in [0.2, 0.25) is 0 Å². The van der Waals surface area contributed by atoms with Crippen molar-refractivity contribution in [1.82, 2.24) is 0 Å². The van der Waals surface area contributed by atoms with Crippen LogP contribution in [-0.2, 0) is 19.3 Å². The molecular formula is C31H29F2N. The first-order valence-electron chi connectivity index (χ1n) is 12.1. The monoisotopic (exact) mass is 453 g/mol. The predicted molar refractivity (Wildman–Crippen MR) is 136 cm³/mol. The summed E-state index contributed by atoms with van der Waals surface area (Å²) < 4.78 is 29.1. The summed E-state index contributed by atoms with van der Waals surface area (Å²) in [5.41, 5.74) is 4.95. The van der Waals surface area contributed by atoms with Crippen LogP contribution in [0.5, 0.6) is 0 Å². The van der Waals surface area contributed by atoms with Gasteiger partial charge in [-0.2, -0.15) is 5.26 Å². The molecule has 0 atom stereocenters. The molecule has 0 unspecified atom stereocenters. The van der Waals surface area contributed by atoms with Gasteiger partial charge in [-0.15, -0.1) is 0 Å². The lowest BCUT2D eigenvalue weighted by Gasteiger charge is -2.10. The lowest BCUT2D eigenvalue weighted by atomic mass is 9.96. The van der Waals surface area contributed by atoms with Gasteiger partial charge in [-0.05, 0) is 77.1 Å². The molecule has 3 heteroatoms. The van der Waals surface area contributed by atoms with Crippen molar-refractivity contribution >= 4 is 10.8 Å². The standard InChI is InChI=1S/C31H29F2N/c1-2-3-4-5-6-22-7-11-24(12-8-22)26-17-18-29-27(20-26)16-15-25(31(29)33)13-9-23-10-14-28(21-34)30(32)19-23/h7-8,10-12,14-20H,2-6,9,13H2,1H3. The molecule has 172 valence electrons. The number of aryl methyl sites for hydroxylation is 3. The molecule has 4 aromatic rings. The minimum Gasteiger partial charge on any atom is -0.206 e. The van der Waals surface area contributed by atoms with Gasteiger partial charge >= 0.3 is 0 Å². The molecule has 1 nitrogen and oxygen atoms in total. The van der Waals surface area contributed by atoms with Gasteiger partial charge in [0.15, 0.2) is 0 Å². The van der Waals surface area contributed by atoms with Crippen molar-refractivity contribution in [2.45, 2.75) is 51.9 Å². The molecule has 0 N–H and O–H groups in total. The maximum Gasteiger partial charge on any atom is 0.141 e. The van der Waals surface area contributed by atoms with Crippen LogP contribution in [0, 0.1) is 23.0 Å². The summed E-state index contributed by atoms with van der Waals surface area (Å²) in [6.45, 7) is 2.23. The summed E-state index contributed by atoms with van der Waals surface area (Å²) >= 11 is 0. The highest BCUT2D eigenvalue weighted by Crippen LogP contribution is 2.28. The summed E-state index contributed by atoms with van der Waals surface area (Å²) in [4.78, 5) is 0. The van der Waals surface area contributed by atoms with E-state index >= 15 is 4.39 Å². The lowest BCUT2D eigenvalue weighted by Crippen LogP contribution is -1.97. The number of fused-ring (bicyclic) bond motifs is 1. The fourth-order valence-electron chi connectivity index (χ4n) is 4.41. The molecule has 4 rings (SSSR count). The topological polar surface area (TPSA) is 23.8 Å². The second kappa shape index (κ2) is 11.1. The summed E-state index contributed by atoms with van der Waals surface area (Å²) in [6.07, 6.45) is 7.14. The molecule has 0 radical (unpaired) electrons. The number of nitriles is 1. The van der Waals surface area contributed by atoms with Crippen LogP contribution in [0.15, 0.2) is 72.8 Å². The Morgan fingerprint density at radius 1 is 0.706 bits per heavy atom. The van der Waals surface area contributed by atoms with E-state index in [-0.39, 0.29) is 11.4 Å². The van der Waals surface area contributed by atoms with Gasteiger partial charge in [0.05, 0.1) is 5.56 Å². The van der Waals surface area contributed by atoms with Crippen molar-refractivity contribution in [1.29, 1.82) is 5.26 Å². The summed E-state index contributed by atoms with van der Waals surface area (Å²) in [5.74, 6) is -0.753. The number of nitrogens with zero attached hydrogens (tertiary/aromatic N) is 1. The highest BCUT2D eigenvalue weighted by Gasteiger charge is 2.10. The van der Waals surface area contributed by atoms with Gasteiger partial charge in [0, 0.05) is 5.39 Å². The van der Waals surface area contributed by atoms with Crippen LogP contribution in [0.3, 0.4) is 0 Å². The minimum absolute atomic E-state index is 0.0260. The van der Waals surface area contributed by atoms with Crippen molar-refractivity contribution in [3.05, 3.63) is 107 Å². The molecule has 0 fully saturated rings. The quantitative estimate of drug-likeness (QED) is 0.233. The SMILES string of the molecule is CCCCCCc1ccc(-c2ccc3c(F)c(CCc4ccc(C#N)c(F)c4)ccc3c2)cc1. The van der Waals surface area contributed by atoms with E-state index in [1.807, 2.05) is 36.4 Å². The number of hydrogen-bond acceptors (Lipinski definition) is 1. The molecule has 0 amide bonds. The smallest absolute Gasteiger partial charge is 0.141 e. The Morgan fingerprint density at radius 3 is 2.21 bits per heavy atom. The molecule has 0 aliphatic rings. The van der Waals surface area contributed by atoms with Crippen LogP contribution in [-0.4, -0.2) is 0 Å². The van der Waals surface area contributed by atoms with Crippen molar-refractivity contribution in [3.63, 3.8) is 0 Å². The first-order valence-corrected chi connectivity index (χ1v) is 12.1. The number of benzene rings is 4. The van der Waals surface area contributed by atoms with Crippen LogP contribution < -0.4 is 0 Å².